The zero-order chi connectivity index (χ0) is 15.0. The maximum absolute atomic E-state index is 13.6. The Kier molecular flexibility index (Phi) is 3.59. The largest absolute Gasteiger partial charge is 0.340 e. The maximum atomic E-state index is 13.6. The second-order valence-electron chi connectivity index (χ2n) is 4.69. The number of ketones is 1. The molecule has 1 heterocycles. The minimum atomic E-state index is -0.836. The molecule has 0 aliphatic heterocycles. The molecule has 0 saturated carbocycles. The highest BCUT2D eigenvalue weighted by atomic mass is 79.9. The van der Waals surface area contributed by atoms with Crippen LogP contribution in [0.15, 0.2) is 53.1 Å². The maximum Gasteiger partial charge on any atom is 0.185 e. The first-order valence-electron chi connectivity index (χ1n) is 6.27. The smallest absolute Gasteiger partial charge is 0.185 e. The number of aromatic nitrogens is 1. The summed E-state index contributed by atoms with van der Waals surface area (Å²) >= 11 is 3.38. The normalized spacial score (nSPS) is 11.0. The minimum Gasteiger partial charge on any atom is -0.340 e. The Morgan fingerprint density at radius 3 is 2.67 bits per heavy atom. The number of benzene rings is 2. The zero-order valence-electron chi connectivity index (χ0n) is 10.8. The van der Waals surface area contributed by atoms with E-state index in [4.69, 9.17) is 0 Å². The lowest BCUT2D eigenvalue weighted by Gasteiger charge is -2.06. The fraction of sp³-hybridized carbons (Fsp3) is 0.0625. The molecule has 0 fully saturated rings. The molecule has 0 bridgehead atoms. The molecule has 106 valence electrons. The number of hydrogen-bond acceptors (Lipinski definition) is 1. The molecule has 0 radical (unpaired) electrons. The number of rotatable bonds is 3. The van der Waals surface area contributed by atoms with Gasteiger partial charge in [-0.2, -0.15) is 0 Å². The SMILES string of the molecule is O=C(Cn1ccc2ccc(Br)cc21)c1ccc(F)cc1F. The Labute approximate surface area is 128 Å². The van der Waals surface area contributed by atoms with E-state index in [1.807, 2.05) is 24.3 Å². The van der Waals surface area contributed by atoms with Crippen molar-refractivity contribution in [3.05, 3.63) is 70.3 Å². The number of fused-ring (bicyclic) bond motifs is 1. The summed E-state index contributed by atoms with van der Waals surface area (Å²) in [7, 11) is 0. The van der Waals surface area contributed by atoms with Crippen molar-refractivity contribution in [1.82, 2.24) is 4.57 Å². The Morgan fingerprint density at radius 2 is 1.90 bits per heavy atom. The Morgan fingerprint density at radius 1 is 1.10 bits per heavy atom. The van der Waals surface area contributed by atoms with Gasteiger partial charge in [-0.3, -0.25) is 4.79 Å². The zero-order valence-corrected chi connectivity index (χ0v) is 12.4. The van der Waals surface area contributed by atoms with Crippen molar-refractivity contribution in [3.8, 4) is 0 Å². The van der Waals surface area contributed by atoms with Crippen LogP contribution < -0.4 is 0 Å². The summed E-state index contributed by atoms with van der Waals surface area (Å²) in [6, 6.07) is 10.6. The van der Waals surface area contributed by atoms with Gasteiger partial charge < -0.3 is 4.57 Å². The predicted octanol–water partition coefficient (Wildman–Crippen LogP) is 4.56. The number of carbonyl (C=O) groups excluding carboxylic acids is 1. The minimum absolute atomic E-state index is 0.00249. The van der Waals surface area contributed by atoms with Crippen molar-refractivity contribution < 1.29 is 13.6 Å². The Hall–Kier alpha value is -2.01. The molecule has 2 nitrogen and oxygen atoms in total. The van der Waals surface area contributed by atoms with Gasteiger partial charge in [0.2, 0.25) is 0 Å². The second kappa shape index (κ2) is 5.41. The molecule has 2 aromatic carbocycles. The molecular formula is C16H10BrF2NO. The highest BCUT2D eigenvalue weighted by molar-refractivity contribution is 9.10. The Bertz CT molecular complexity index is 841. The monoisotopic (exact) mass is 349 g/mol. The molecule has 1 aromatic heterocycles. The van der Waals surface area contributed by atoms with E-state index in [0.717, 1.165) is 27.5 Å². The molecule has 0 atom stereocenters. The van der Waals surface area contributed by atoms with Gasteiger partial charge in [0.15, 0.2) is 5.78 Å². The van der Waals surface area contributed by atoms with Gasteiger partial charge in [0.05, 0.1) is 12.1 Å². The van der Waals surface area contributed by atoms with Gasteiger partial charge in [0.25, 0.3) is 0 Å². The topological polar surface area (TPSA) is 22.0 Å². The van der Waals surface area contributed by atoms with Crippen LogP contribution in [0.3, 0.4) is 0 Å². The van der Waals surface area contributed by atoms with Gasteiger partial charge in [-0.25, -0.2) is 8.78 Å². The van der Waals surface area contributed by atoms with Gasteiger partial charge in [-0.1, -0.05) is 22.0 Å². The van der Waals surface area contributed by atoms with E-state index >= 15 is 0 Å². The fourth-order valence-electron chi connectivity index (χ4n) is 2.25. The molecule has 3 rings (SSSR count). The van der Waals surface area contributed by atoms with Crippen LogP contribution in [0.25, 0.3) is 10.9 Å². The van der Waals surface area contributed by atoms with Crippen molar-refractivity contribution in [2.75, 3.05) is 0 Å². The highest BCUT2D eigenvalue weighted by Gasteiger charge is 2.14. The lowest BCUT2D eigenvalue weighted by Crippen LogP contribution is -2.11. The van der Waals surface area contributed by atoms with Crippen LogP contribution in [0.5, 0.6) is 0 Å². The highest BCUT2D eigenvalue weighted by Crippen LogP contribution is 2.21. The Balaban J connectivity index is 1.94. The standard InChI is InChI=1S/C16H10BrF2NO/c17-11-2-1-10-5-6-20(15(10)7-11)9-16(21)13-4-3-12(18)8-14(13)19/h1-8H,9H2. The van der Waals surface area contributed by atoms with Crippen LogP contribution in [-0.2, 0) is 6.54 Å². The number of Topliss-reactive ketones (excluding diaryl/α,β-unsaturated/α-hetero) is 1. The van der Waals surface area contributed by atoms with E-state index in [-0.39, 0.29) is 12.1 Å². The molecule has 0 amide bonds. The van der Waals surface area contributed by atoms with Crippen LogP contribution in [0.4, 0.5) is 8.78 Å². The summed E-state index contributed by atoms with van der Waals surface area (Å²) < 4.78 is 29.1. The van der Waals surface area contributed by atoms with Crippen LogP contribution >= 0.6 is 15.9 Å². The van der Waals surface area contributed by atoms with E-state index in [1.54, 1.807) is 10.8 Å². The summed E-state index contributed by atoms with van der Waals surface area (Å²) in [6.07, 6.45) is 1.77. The summed E-state index contributed by atoms with van der Waals surface area (Å²) in [5.74, 6) is -1.93. The molecule has 0 aliphatic carbocycles. The summed E-state index contributed by atoms with van der Waals surface area (Å²) in [6.45, 7) is 0.00249. The van der Waals surface area contributed by atoms with Crippen molar-refractivity contribution in [1.29, 1.82) is 0 Å². The molecule has 3 aromatic rings. The van der Waals surface area contributed by atoms with E-state index in [2.05, 4.69) is 15.9 Å². The molecule has 0 unspecified atom stereocenters. The first-order valence-corrected chi connectivity index (χ1v) is 7.06. The van der Waals surface area contributed by atoms with Gasteiger partial charge in [0, 0.05) is 22.3 Å². The lowest BCUT2D eigenvalue weighted by molar-refractivity contribution is 0.0969. The third-order valence-corrected chi connectivity index (χ3v) is 3.77. The lowest BCUT2D eigenvalue weighted by atomic mass is 10.1. The van der Waals surface area contributed by atoms with Crippen molar-refractivity contribution in [3.63, 3.8) is 0 Å². The van der Waals surface area contributed by atoms with Crippen LogP contribution in [-0.4, -0.2) is 10.4 Å². The summed E-state index contributed by atoms with van der Waals surface area (Å²) in [5.41, 5.74) is 0.772. The third kappa shape index (κ3) is 2.74. The van der Waals surface area contributed by atoms with Crippen LogP contribution in [0.1, 0.15) is 10.4 Å². The first kappa shape index (κ1) is 13.9. The van der Waals surface area contributed by atoms with Crippen LogP contribution in [0, 0.1) is 11.6 Å². The first-order chi connectivity index (χ1) is 10.0. The second-order valence-corrected chi connectivity index (χ2v) is 5.61. The van der Waals surface area contributed by atoms with Crippen molar-refractivity contribution in [2.24, 2.45) is 0 Å². The number of carbonyl (C=O) groups is 1. The molecular weight excluding hydrogens is 340 g/mol. The van der Waals surface area contributed by atoms with Gasteiger partial charge in [-0.15, -0.1) is 0 Å². The number of halogens is 3. The molecule has 0 N–H and O–H groups in total. The van der Waals surface area contributed by atoms with Crippen molar-refractivity contribution in [2.45, 2.75) is 6.54 Å². The van der Waals surface area contributed by atoms with Gasteiger partial charge in [-0.05, 0) is 35.7 Å². The molecule has 5 heteroatoms. The summed E-state index contributed by atoms with van der Waals surface area (Å²) in [5, 5.41) is 0.991. The van der Waals surface area contributed by atoms with Gasteiger partial charge in [0.1, 0.15) is 11.6 Å². The quantitative estimate of drug-likeness (QED) is 0.635. The van der Waals surface area contributed by atoms with E-state index in [9.17, 15) is 13.6 Å². The number of nitrogens with zero attached hydrogens (tertiary/aromatic N) is 1. The average molecular weight is 350 g/mol. The van der Waals surface area contributed by atoms with E-state index < -0.39 is 17.4 Å². The van der Waals surface area contributed by atoms with Crippen molar-refractivity contribution >= 4 is 32.6 Å². The molecule has 0 saturated heterocycles. The third-order valence-electron chi connectivity index (χ3n) is 3.28. The van der Waals surface area contributed by atoms with Crippen LogP contribution in [0.2, 0.25) is 0 Å². The van der Waals surface area contributed by atoms with E-state index in [1.165, 1.54) is 6.07 Å². The molecule has 21 heavy (non-hydrogen) atoms. The summed E-state index contributed by atoms with van der Waals surface area (Å²) in [4.78, 5) is 12.2. The number of hydrogen-bond donors (Lipinski definition) is 0. The van der Waals surface area contributed by atoms with E-state index in [0.29, 0.717) is 0 Å². The average Bonchev–Trinajstić information content (AvgIpc) is 2.81. The van der Waals surface area contributed by atoms with Gasteiger partial charge >= 0.3 is 0 Å². The molecule has 0 aliphatic rings. The predicted molar refractivity (Wildman–Crippen MR) is 80.3 cm³/mol. The molecule has 0 spiro atoms. The fourth-order valence-corrected chi connectivity index (χ4v) is 2.60.